The fourth-order valence-corrected chi connectivity index (χ4v) is 5.45. The van der Waals surface area contributed by atoms with Crippen LogP contribution in [0.2, 0.25) is 0 Å². The van der Waals surface area contributed by atoms with Gasteiger partial charge in [-0.05, 0) is 41.5 Å². The van der Waals surface area contributed by atoms with Gasteiger partial charge in [0, 0.05) is 17.7 Å². The maximum atomic E-state index is 13.8. The highest BCUT2D eigenvalue weighted by Gasteiger charge is 2.65. The van der Waals surface area contributed by atoms with Gasteiger partial charge in [-0.1, -0.05) is 30.3 Å². The van der Waals surface area contributed by atoms with Gasteiger partial charge in [0.1, 0.15) is 11.9 Å². The molecule has 0 aliphatic carbocycles. The number of nitro groups is 1. The van der Waals surface area contributed by atoms with Crippen LogP contribution < -0.4 is 4.90 Å². The number of anilines is 1. The van der Waals surface area contributed by atoms with Crippen LogP contribution >= 0.6 is 0 Å². The van der Waals surface area contributed by atoms with Crippen molar-refractivity contribution in [3.63, 3.8) is 0 Å². The molecule has 2 amide bonds. The number of imide groups is 1. The topological polar surface area (TPSA) is 113 Å². The first-order chi connectivity index (χ1) is 17.4. The standard InChI is InChI=1S/C26H17FN4O5/c27-16-10-8-14(9-11-16)24(32)23-21-20(22-19-7-2-1-4-15(19)13-28-30(22)23)25(33)29(26(21)34)17-5-3-6-18(12-17)31(35)36/h1-13,20-23H/t20-,21+,22-,23-/m0/s1. The van der Waals surface area contributed by atoms with Crippen molar-refractivity contribution in [1.29, 1.82) is 0 Å². The van der Waals surface area contributed by atoms with Crippen molar-refractivity contribution >= 4 is 35.2 Å². The van der Waals surface area contributed by atoms with Gasteiger partial charge in [-0.3, -0.25) is 29.5 Å². The number of carbonyl (C=O) groups is 3. The summed E-state index contributed by atoms with van der Waals surface area (Å²) in [4.78, 5) is 52.9. The molecule has 3 aromatic carbocycles. The summed E-state index contributed by atoms with van der Waals surface area (Å²) in [5.41, 5.74) is 1.50. The molecule has 36 heavy (non-hydrogen) atoms. The Balaban J connectivity index is 1.49. The Hall–Kier alpha value is -4.73. The number of benzene rings is 3. The molecule has 6 rings (SSSR count). The lowest BCUT2D eigenvalue weighted by molar-refractivity contribution is -0.384. The van der Waals surface area contributed by atoms with Gasteiger partial charge in [-0.25, -0.2) is 9.29 Å². The number of nitro benzene ring substituents is 1. The third-order valence-electron chi connectivity index (χ3n) is 6.99. The maximum absolute atomic E-state index is 13.8. The quantitative estimate of drug-likeness (QED) is 0.242. The maximum Gasteiger partial charge on any atom is 0.271 e. The van der Waals surface area contributed by atoms with E-state index in [1.165, 1.54) is 41.4 Å². The van der Waals surface area contributed by atoms with E-state index in [1.54, 1.807) is 12.3 Å². The second-order valence-corrected chi connectivity index (χ2v) is 8.85. The molecule has 178 valence electrons. The molecule has 10 heteroatoms. The van der Waals surface area contributed by atoms with Crippen molar-refractivity contribution in [2.75, 3.05) is 4.90 Å². The molecule has 0 spiro atoms. The van der Waals surface area contributed by atoms with Gasteiger partial charge in [-0.15, -0.1) is 0 Å². The van der Waals surface area contributed by atoms with E-state index in [0.29, 0.717) is 0 Å². The number of amides is 2. The molecule has 3 heterocycles. The van der Waals surface area contributed by atoms with Crippen LogP contribution in [0.1, 0.15) is 27.5 Å². The summed E-state index contributed by atoms with van der Waals surface area (Å²) < 4.78 is 13.5. The summed E-state index contributed by atoms with van der Waals surface area (Å²) >= 11 is 0. The number of non-ortho nitro benzene ring substituents is 1. The van der Waals surface area contributed by atoms with Gasteiger partial charge < -0.3 is 0 Å². The Kier molecular flexibility index (Phi) is 4.78. The van der Waals surface area contributed by atoms with E-state index in [9.17, 15) is 28.9 Å². The highest BCUT2D eigenvalue weighted by molar-refractivity contribution is 6.24. The minimum absolute atomic E-state index is 0.0701. The number of carbonyl (C=O) groups excluding carboxylic acids is 3. The molecular formula is C26H17FN4O5. The average molecular weight is 484 g/mol. The predicted molar refractivity (Wildman–Crippen MR) is 126 cm³/mol. The summed E-state index contributed by atoms with van der Waals surface area (Å²) in [6.07, 6.45) is 1.59. The van der Waals surface area contributed by atoms with Gasteiger partial charge >= 0.3 is 0 Å². The molecule has 3 aliphatic heterocycles. The highest BCUT2D eigenvalue weighted by Crippen LogP contribution is 2.53. The molecule has 0 bridgehead atoms. The van der Waals surface area contributed by atoms with E-state index >= 15 is 0 Å². The molecule has 9 nitrogen and oxygen atoms in total. The molecule has 0 saturated carbocycles. The zero-order valence-electron chi connectivity index (χ0n) is 18.5. The molecule has 0 radical (unpaired) electrons. The Morgan fingerprint density at radius 2 is 1.67 bits per heavy atom. The number of nitrogens with zero attached hydrogens (tertiary/aromatic N) is 4. The number of rotatable bonds is 4. The largest absolute Gasteiger partial charge is 0.292 e. The monoisotopic (exact) mass is 484 g/mol. The van der Waals surface area contributed by atoms with Gasteiger partial charge in [0.05, 0.1) is 34.7 Å². The summed E-state index contributed by atoms with van der Waals surface area (Å²) in [5.74, 6) is -4.18. The van der Waals surface area contributed by atoms with Gasteiger partial charge in [0.2, 0.25) is 11.8 Å². The number of hydrogen-bond acceptors (Lipinski definition) is 7. The van der Waals surface area contributed by atoms with Crippen LogP contribution in [0, 0.1) is 27.8 Å². The molecule has 2 saturated heterocycles. The van der Waals surface area contributed by atoms with Gasteiger partial charge in [0.15, 0.2) is 5.78 Å². The second kappa shape index (κ2) is 7.91. The summed E-state index contributed by atoms with van der Waals surface area (Å²) in [6.45, 7) is 0. The summed E-state index contributed by atoms with van der Waals surface area (Å²) in [6, 6.07) is 15.7. The molecular weight excluding hydrogens is 467 g/mol. The van der Waals surface area contributed by atoms with Gasteiger partial charge in [-0.2, -0.15) is 5.10 Å². The Morgan fingerprint density at radius 3 is 2.42 bits per heavy atom. The van der Waals surface area contributed by atoms with E-state index in [0.717, 1.165) is 28.2 Å². The third-order valence-corrected chi connectivity index (χ3v) is 6.99. The van der Waals surface area contributed by atoms with Crippen LogP contribution in [0.4, 0.5) is 15.8 Å². The normalized spacial score (nSPS) is 23.9. The van der Waals surface area contributed by atoms with Crippen molar-refractivity contribution in [1.82, 2.24) is 5.01 Å². The average Bonchev–Trinajstić information content (AvgIpc) is 3.36. The van der Waals surface area contributed by atoms with Crippen molar-refractivity contribution in [2.24, 2.45) is 16.9 Å². The number of hydrogen-bond donors (Lipinski definition) is 0. The number of Topliss-reactive ketones (excluding diaryl/α,β-unsaturated/α-hetero) is 1. The first-order valence-corrected chi connectivity index (χ1v) is 11.2. The SMILES string of the molecule is O=C(c1ccc(F)cc1)[C@@H]1[C@@H]2C(=O)N(c3cccc([N+](=O)[O-])c3)C(=O)[C@@H]2[C@@H]2c3ccccc3C=NN12. The Morgan fingerprint density at radius 1 is 0.944 bits per heavy atom. The van der Waals surface area contributed by atoms with Crippen LogP contribution in [0.15, 0.2) is 77.9 Å². The zero-order chi connectivity index (χ0) is 25.1. The van der Waals surface area contributed by atoms with Crippen molar-refractivity contribution in [3.05, 3.63) is 105 Å². The van der Waals surface area contributed by atoms with E-state index in [4.69, 9.17) is 0 Å². The van der Waals surface area contributed by atoms with Crippen molar-refractivity contribution in [3.8, 4) is 0 Å². The van der Waals surface area contributed by atoms with E-state index in [-0.39, 0.29) is 16.9 Å². The lowest BCUT2D eigenvalue weighted by atomic mass is 9.83. The molecule has 2 fully saturated rings. The summed E-state index contributed by atoms with van der Waals surface area (Å²) in [5, 5.41) is 17.3. The van der Waals surface area contributed by atoms with Crippen LogP contribution in [-0.2, 0) is 9.59 Å². The van der Waals surface area contributed by atoms with E-state index < -0.39 is 52.3 Å². The first-order valence-electron chi connectivity index (χ1n) is 11.2. The fraction of sp³-hybridized carbons (Fsp3) is 0.154. The molecule has 3 aromatic rings. The number of ketones is 1. The molecule has 0 unspecified atom stereocenters. The van der Waals surface area contributed by atoms with E-state index in [2.05, 4.69) is 5.10 Å². The smallest absolute Gasteiger partial charge is 0.271 e. The first kappa shape index (κ1) is 21.8. The molecule has 0 aromatic heterocycles. The lowest BCUT2D eigenvalue weighted by Crippen LogP contribution is -2.44. The van der Waals surface area contributed by atoms with Crippen molar-refractivity contribution in [2.45, 2.75) is 12.1 Å². The predicted octanol–water partition coefficient (Wildman–Crippen LogP) is 3.50. The number of halogens is 1. The van der Waals surface area contributed by atoms with Crippen LogP contribution in [-0.4, -0.2) is 39.8 Å². The third kappa shape index (κ3) is 3.07. The Bertz CT molecular complexity index is 1490. The zero-order valence-corrected chi connectivity index (χ0v) is 18.5. The Labute approximate surface area is 203 Å². The lowest BCUT2D eigenvalue weighted by Gasteiger charge is -2.33. The van der Waals surface area contributed by atoms with E-state index in [1.807, 2.05) is 18.2 Å². The second-order valence-electron chi connectivity index (χ2n) is 8.85. The number of fused-ring (bicyclic) bond motifs is 5. The van der Waals surface area contributed by atoms with Gasteiger partial charge in [0.25, 0.3) is 5.69 Å². The van der Waals surface area contributed by atoms with Crippen LogP contribution in [0.3, 0.4) is 0 Å². The molecule has 0 N–H and O–H groups in total. The minimum atomic E-state index is -1.12. The molecule has 4 atom stereocenters. The van der Waals surface area contributed by atoms with Crippen LogP contribution in [0.25, 0.3) is 0 Å². The fourth-order valence-electron chi connectivity index (χ4n) is 5.45. The summed E-state index contributed by atoms with van der Waals surface area (Å²) in [7, 11) is 0. The van der Waals surface area contributed by atoms with Crippen LogP contribution in [0.5, 0.6) is 0 Å². The highest BCUT2D eigenvalue weighted by atomic mass is 19.1. The number of hydrazone groups is 1. The van der Waals surface area contributed by atoms with Crippen molar-refractivity contribution < 1.29 is 23.7 Å². The minimum Gasteiger partial charge on any atom is -0.292 e. The molecule has 3 aliphatic rings.